The Balaban J connectivity index is 1.59. The fourth-order valence-electron chi connectivity index (χ4n) is 3.41. The van der Waals surface area contributed by atoms with Gasteiger partial charge in [0.1, 0.15) is 0 Å². The second kappa shape index (κ2) is 8.85. The summed E-state index contributed by atoms with van der Waals surface area (Å²) in [4.78, 5) is 39.1. The van der Waals surface area contributed by atoms with Crippen molar-refractivity contribution in [3.63, 3.8) is 0 Å². The van der Waals surface area contributed by atoms with Gasteiger partial charge < -0.3 is 14.9 Å². The lowest BCUT2D eigenvalue weighted by Crippen LogP contribution is -2.47. The molecule has 1 N–H and O–H groups in total. The predicted molar refractivity (Wildman–Crippen MR) is 104 cm³/mol. The third kappa shape index (κ3) is 4.79. The monoisotopic (exact) mass is 399 g/mol. The van der Waals surface area contributed by atoms with Gasteiger partial charge in [0.25, 0.3) is 0 Å². The Morgan fingerprint density at radius 2 is 1.97 bits per heavy atom. The van der Waals surface area contributed by atoms with E-state index in [9.17, 15) is 14.4 Å². The van der Waals surface area contributed by atoms with Crippen LogP contribution in [-0.4, -0.2) is 74.4 Å². The van der Waals surface area contributed by atoms with Gasteiger partial charge in [-0.3, -0.25) is 14.4 Å². The number of carboxylic acid groups (broad SMARTS) is 1. The van der Waals surface area contributed by atoms with Gasteiger partial charge in [-0.25, -0.2) is 4.68 Å². The third-order valence-corrected chi connectivity index (χ3v) is 5.23. The molecule has 1 fully saturated rings. The second-order valence-corrected chi connectivity index (χ2v) is 7.31. The molecule has 0 bridgehead atoms. The van der Waals surface area contributed by atoms with Crippen molar-refractivity contribution < 1.29 is 19.5 Å². The maximum absolute atomic E-state index is 12.6. The molecule has 2 amide bonds. The SMILES string of the molecule is Cc1c(CC(=O)N(C)CC(=O)N2CCCC(C(=O)O)C2)nnn1-c1ccccc1. The zero-order valence-corrected chi connectivity index (χ0v) is 16.6. The van der Waals surface area contributed by atoms with Crippen molar-refractivity contribution in [2.45, 2.75) is 26.2 Å². The highest BCUT2D eigenvalue weighted by Gasteiger charge is 2.29. The van der Waals surface area contributed by atoms with Crippen molar-refractivity contribution in [2.75, 3.05) is 26.7 Å². The van der Waals surface area contributed by atoms with Gasteiger partial charge in [-0.2, -0.15) is 0 Å². The molecule has 29 heavy (non-hydrogen) atoms. The van der Waals surface area contributed by atoms with Crippen LogP contribution < -0.4 is 0 Å². The summed E-state index contributed by atoms with van der Waals surface area (Å²) in [6, 6.07) is 9.52. The molecule has 1 aromatic heterocycles. The Bertz CT molecular complexity index is 896. The van der Waals surface area contributed by atoms with E-state index in [0.717, 1.165) is 11.4 Å². The molecule has 0 spiro atoms. The highest BCUT2D eigenvalue weighted by Crippen LogP contribution is 2.17. The first-order valence-electron chi connectivity index (χ1n) is 9.58. The van der Waals surface area contributed by atoms with E-state index in [0.29, 0.717) is 25.1 Å². The summed E-state index contributed by atoms with van der Waals surface area (Å²) in [5.41, 5.74) is 2.18. The molecule has 0 radical (unpaired) electrons. The van der Waals surface area contributed by atoms with E-state index in [1.165, 1.54) is 9.80 Å². The van der Waals surface area contributed by atoms with Crippen molar-refractivity contribution in [3.05, 3.63) is 41.7 Å². The number of para-hydroxylation sites is 1. The second-order valence-electron chi connectivity index (χ2n) is 7.31. The zero-order valence-electron chi connectivity index (χ0n) is 16.6. The van der Waals surface area contributed by atoms with E-state index in [1.807, 2.05) is 37.3 Å². The Hall–Kier alpha value is -3.23. The molecule has 0 aliphatic carbocycles. The molecule has 9 heteroatoms. The quantitative estimate of drug-likeness (QED) is 0.773. The molecular weight excluding hydrogens is 374 g/mol. The van der Waals surface area contributed by atoms with Gasteiger partial charge in [0.2, 0.25) is 11.8 Å². The van der Waals surface area contributed by atoms with E-state index in [-0.39, 0.29) is 31.3 Å². The van der Waals surface area contributed by atoms with E-state index < -0.39 is 11.9 Å². The van der Waals surface area contributed by atoms with Crippen LogP contribution in [0.5, 0.6) is 0 Å². The minimum Gasteiger partial charge on any atom is -0.481 e. The van der Waals surface area contributed by atoms with Crippen molar-refractivity contribution in [1.82, 2.24) is 24.8 Å². The van der Waals surface area contributed by atoms with Gasteiger partial charge in [-0.05, 0) is 31.9 Å². The van der Waals surface area contributed by atoms with Gasteiger partial charge in [-0.15, -0.1) is 5.10 Å². The average molecular weight is 399 g/mol. The Labute approximate surface area is 168 Å². The number of likely N-dealkylation sites (tertiary alicyclic amines) is 1. The number of hydrogen-bond acceptors (Lipinski definition) is 5. The number of aliphatic carboxylic acids is 1. The average Bonchev–Trinajstić information content (AvgIpc) is 3.08. The topological polar surface area (TPSA) is 109 Å². The number of nitrogens with zero attached hydrogens (tertiary/aromatic N) is 5. The maximum atomic E-state index is 12.6. The lowest BCUT2D eigenvalue weighted by Gasteiger charge is -2.32. The summed E-state index contributed by atoms with van der Waals surface area (Å²) >= 11 is 0. The summed E-state index contributed by atoms with van der Waals surface area (Å²) in [6.45, 7) is 2.48. The van der Waals surface area contributed by atoms with Crippen molar-refractivity contribution >= 4 is 17.8 Å². The van der Waals surface area contributed by atoms with Crippen LogP contribution >= 0.6 is 0 Å². The summed E-state index contributed by atoms with van der Waals surface area (Å²) in [5.74, 6) is -1.90. The zero-order chi connectivity index (χ0) is 21.0. The van der Waals surface area contributed by atoms with E-state index in [1.54, 1.807) is 11.7 Å². The normalized spacial score (nSPS) is 16.5. The molecule has 154 valence electrons. The molecular formula is C20H25N5O4. The van der Waals surface area contributed by atoms with Gasteiger partial charge in [0.05, 0.1) is 36.0 Å². The van der Waals surface area contributed by atoms with Crippen LogP contribution in [-0.2, 0) is 20.8 Å². The fourth-order valence-corrected chi connectivity index (χ4v) is 3.41. The first-order chi connectivity index (χ1) is 13.9. The standard InChI is InChI=1S/C20H25N5O4/c1-14-17(21-22-25(14)16-8-4-3-5-9-16)11-18(26)23(2)13-19(27)24-10-6-7-15(12-24)20(28)29/h3-5,8-9,15H,6-7,10-13H2,1-2H3,(H,28,29). The number of piperidine rings is 1. The predicted octanol–water partition coefficient (Wildman–Crippen LogP) is 0.900. The number of carboxylic acids is 1. The fraction of sp³-hybridized carbons (Fsp3) is 0.450. The highest BCUT2D eigenvalue weighted by molar-refractivity contribution is 5.86. The summed E-state index contributed by atoms with van der Waals surface area (Å²) in [7, 11) is 1.57. The summed E-state index contributed by atoms with van der Waals surface area (Å²) in [5, 5.41) is 17.4. The highest BCUT2D eigenvalue weighted by atomic mass is 16.4. The molecule has 1 aliphatic rings. The van der Waals surface area contributed by atoms with Crippen LogP contribution in [0.3, 0.4) is 0 Å². The molecule has 9 nitrogen and oxygen atoms in total. The van der Waals surface area contributed by atoms with Crippen LogP contribution in [0.25, 0.3) is 5.69 Å². The maximum Gasteiger partial charge on any atom is 0.308 e. The molecule has 1 aromatic carbocycles. The number of likely N-dealkylation sites (N-methyl/N-ethyl adjacent to an activating group) is 1. The number of benzene rings is 1. The smallest absolute Gasteiger partial charge is 0.308 e. The van der Waals surface area contributed by atoms with Crippen LogP contribution in [0.2, 0.25) is 0 Å². The third-order valence-electron chi connectivity index (χ3n) is 5.23. The van der Waals surface area contributed by atoms with Crippen LogP contribution in [0.1, 0.15) is 24.2 Å². The summed E-state index contributed by atoms with van der Waals surface area (Å²) in [6.07, 6.45) is 1.27. The van der Waals surface area contributed by atoms with Crippen molar-refractivity contribution in [2.24, 2.45) is 5.92 Å². The van der Waals surface area contributed by atoms with Crippen LogP contribution in [0, 0.1) is 12.8 Å². The van der Waals surface area contributed by atoms with Crippen molar-refractivity contribution in [1.29, 1.82) is 0 Å². The number of carbonyl (C=O) groups excluding carboxylic acids is 2. The number of amides is 2. The Morgan fingerprint density at radius 1 is 1.24 bits per heavy atom. The summed E-state index contributed by atoms with van der Waals surface area (Å²) < 4.78 is 1.67. The molecule has 1 saturated heterocycles. The molecule has 0 saturated carbocycles. The van der Waals surface area contributed by atoms with E-state index >= 15 is 0 Å². The molecule has 1 unspecified atom stereocenters. The van der Waals surface area contributed by atoms with Gasteiger partial charge >= 0.3 is 5.97 Å². The number of hydrogen-bond donors (Lipinski definition) is 1. The van der Waals surface area contributed by atoms with Gasteiger partial charge in [0.15, 0.2) is 0 Å². The minimum atomic E-state index is -0.885. The molecule has 2 aromatic rings. The lowest BCUT2D eigenvalue weighted by atomic mass is 9.98. The molecule has 2 heterocycles. The Kier molecular flexibility index (Phi) is 6.26. The van der Waals surface area contributed by atoms with Crippen LogP contribution in [0.15, 0.2) is 30.3 Å². The number of carbonyl (C=O) groups is 3. The van der Waals surface area contributed by atoms with E-state index in [4.69, 9.17) is 5.11 Å². The van der Waals surface area contributed by atoms with Gasteiger partial charge in [0, 0.05) is 20.1 Å². The van der Waals surface area contributed by atoms with E-state index in [2.05, 4.69) is 10.3 Å². The molecule has 1 atom stereocenters. The molecule has 1 aliphatic heterocycles. The first-order valence-corrected chi connectivity index (χ1v) is 9.58. The Morgan fingerprint density at radius 3 is 2.66 bits per heavy atom. The van der Waals surface area contributed by atoms with Gasteiger partial charge in [-0.1, -0.05) is 23.4 Å². The first kappa shape index (κ1) is 20.5. The minimum absolute atomic E-state index is 0.0419. The lowest BCUT2D eigenvalue weighted by molar-refractivity contribution is -0.147. The number of rotatable bonds is 6. The largest absolute Gasteiger partial charge is 0.481 e. The molecule has 3 rings (SSSR count). The number of aromatic nitrogens is 3. The van der Waals surface area contributed by atoms with Crippen LogP contribution in [0.4, 0.5) is 0 Å². The van der Waals surface area contributed by atoms with Crippen molar-refractivity contribution in [3.8, 4) is 5.69 Å².